The molecule has 0 radical (unpaired) electrons. The molecule has 18 heavy (non-hydrogen) atoms. The Hall–Kier alpha value is -0.630. The van der Waals surface area contributed by atoms with E-state index >= 15 is 0 Å². The van der Waals surface area contributed by atoms with Crippen LogP contribution in [0, 0.1) is 11.3 Å². The summed E-state index contributed by atoms with van der Waals surface area (Å²) in [7, 11) is 1.74. The second kappa shape index (κ2) is 7.08. The van der Waals surface area contributed by atoms with Crippen molar-refractivity contribution in [2.45, 2.75) is 57.7 Å². The van der Waals surface area contributed by atoms with E-state index in [9.17, 15) is 5.26 Å². The molecular formula is C14H27N3O. The minimum atomic E-state index is -0.320. The van der Waals surface area contributed by atoms with E-state index in [0.717, 1.165) is 39.0 Å². The van der Waals surface area contributed by atoms with Crippen LogP contribution < -0.4 is 5.32 Å². The first kappa shape index (κ1) is 15.4. The first-order valence-corrected chi connectivity index (χ1v) is 6.99. The van der Waals surface area contributed by atoms with Gasteiger partial charge in [0.1, 0.15) is 5.54 Å². The van der Waals surface area contributed by atoms with E-state index in [0.29, 0.717) is 12.1 Å². The van der Waals surface area contributed by atoms with Gasteiger partial charge in [-0.3, -0.25) is 10.2 Å². The van der Waals surface area contributed by atoms with Crippen molar-refractivity contribution < 1.29 is 4.74 Å². The zero-order chi connectivity index (χ0) is 13.6. The van der Waals surface area contributed by atoms with Crippen LogP contribution in [0.2, 0.25) is 0 Å². The first-order chi connectivity index (χ1) is 8.56. The summed E-state index contributed by atoms with van der Waals surface area (Å²) in [5.41, 5.74) is -0.320. The van der Waals surface area contributed by atoms with E-state index in [1.807, 2.05) is 0 Å². The topological polar surface area (TPSA) is 48.3 Å². The molecule has 0 aromatic carbocycles. The molecular weight excluding hydrogens is 226 g/mol. The van der Waals surface area contributed by atoms with Crippen LogP contribution in [-0.2, 0) is 4.74 Å². The van der Waals surface area contributed by atoms with Crippen LogP contribution in [0.4, 0.5) is 0 Å². The molecule has 0 aromatic heterocycles. The molecule has 0 saturated heterocycles. The van der Waals surface area contributed by atoms with Gasteiger partial charge in [0, 0.05) is 25.7 Å². The summed E-state index contributed by atoms with van der Waals surface area (Å²) in [4.78, 5) is 2.44. The van der Waals surface area contributed by atoms with Crippen molar-refractivity contribution in [2.24, 2.45) is 0 Å². The van der Waals surface area contributed by atoms with Crippen LogP contribution in [0.15, 0.2) is 0 Å². The summed E-state index contributed by atoms with van der Waals surface area (Å²) >= 11 is 0. The standard InChI is InChI=1S/C14H27N3O/c1-5-17(8-9-18-4)13-6-7-14(10-13,11-15)16-12(2)3/h12-13,16H,5-10H2,1-4H3. The molecule has 0 aromatic rings. The summed E-state index contributed by atoms with van der Waals surface area (Å²) in [6.07, 6.45) is 2.99. The van der Waals surface area contributed by atoms with Crippen molar-refractivity contribution in [1.82, 2.24) is 10.2 Å². The van der Waals surface area contributed by atoms with Crippen molar-refractivity contribution in [2.75, 3.05) is 26.8 Å². The van der Waals surface area contributed by atoms with E-state index in [4.69, 9.17) is 4.74 Å². The van der Waals surface area contributed by atoms with Crippen molar-refractivity contribution in [3.63, 3.8) is 0 Å². The Labute approximate surface area is 111 Å². The molecule has 1 rings (SSSR count). The lowest BCUT2D eigenvalue weighted by molar-refractivity contribution is 0.122. The van der Waals surface area contributed by atoms with Crippen molar-refractivity contribution in [3.8, 4) is 6.07 Å². The van der Waals surface area contributed by atoms with E-state index in [1.54, 1.807) is 7.11 Å². The van der Waals surface area contributed by atoms with Gasteiger partial charge in [0.05, 0.1) is 12.7 Å². The largest absolute Gasteiger partial charge is 0.383 e. The van der Waals surface area contributed by atoms with Crippen molar-refractivity contribution in [3.05, 3.63) is 0 Å². The van der Waals surface area contributed by atoms with Gasteiger partial charge in [-0.1, -0.05) is 6.92 Å². The molecule has 2 atom stereocenters. The minimum absolute atomic E-state index is 0.320. The lowest BCUT2D eigenvalue weighted by atomic mass is 9.98. The Balaban J connectivity index is 2.59. The molecule has 0 aliphatic heterocycles. The number of nitrogens with zero attached hydrogens (tertiary/aromatic N) is 2. The van der Waals surface area contributed by atoms with Crippen LogP contribution >= 0.6 is 0 Å². The number of nitrogens with one attached hydrogen (secondary N) is 1. The second-order valence-electron chi connectivity index (χ2n) is 5.51. The zero-order valence-corrected chi connectivity index (χ0v) is 12.2. The van der Waals surface area contributed by atoms with Crippen LogP contribution in [0.1, 0.15) is 40.0 Å². The lowest BCUT2D eigenvalue weighted by Gasteiger charge is -2.30. The number of ether oxygens (including phenoxy) is 1. The predicted octanol–water partition coefficient (Wildman–Crippen LogP) is 1.77. The number of nitriles is 1. The van der Waals surface area contributed by atoms with Gasteiger partial charge in [0.25, 0.3) is 0 Å². The third-order valence-electron chi connectivity index (χ3n) is 3.77. The number of methoxy groups -OCH3 is 1. The van der Waals surface area contributed by atoms with Gasteiger partial charge in [0.15, 0.2) is 0 Å². The average molecular weight is 253 g/mol. The SMILES string of the molecule is CCN(CCOC)C1CCC(C#N)(NC(C)C)C1. The summed E-state index contributed by atoms with van der Waals surface area (Å²) in [6, 6.07) is 3.37. The summed E-state index contributed by atoms with van der Waals surface area (Å²) in [5, 5.41) is 12.9. The predicted molar refractivity (Wildman–Crippen MR) is 73.4 cm³/mol. The van der Waals surface area contributed by atoms with Crippen molar-refractivity contribution >= 4 is 0 Å². The van der Waals surface area contributed by atoms with Gasteiger partial charge in [0.2, 0.25) is 0 Å². The van der Waals surface area contributed by atoms with E-state index in [2.05, 4.69) is 37.1 Å². The highest BCUT2D eigenvalue weighted by atomic mass is 16.5. The smallest absolute Gasteiger partial charge is 0.108 e. The average Bonchev–Trinajstić information content (AvgIpc) is 2.74. The molecule has 4 nitrogen and oxygen atoms in total. The van der Waals surface area contributed by atoms with Crippen LogP contribution in [0.3, 0.4) is 0 Å². The third-order valence-corrected chi connectivity index (χ3v) is 3.77. The fourth-order valence-electron chi connectivity index (χ4n) is 2.96. The Kier molecular flexibility index (Phi) is 6.07. The zero-order valence-electron chi connectivity index (χ0n) is 12.2. The van der Waals surface area contributed by atoms with Gasteiger partial charge in [-0.2, -0.15) is 5.26 Å². The fraction of sp³-hybridized carbons (Fsp3) is 0.929. The van der Waals surface area contributed by atoms with Gasteiger partial charge in [-0.15, -0.1) is 0 Å². The Morgan fingerprint density at radius 3 is 2.78 bits per heavy atom. The van der Waals surface area contributed by atoms with Crippen LogP contribution in [0.5, 0.6) is 0 Å². The highest BCUT2D eigenvalue weighted by molar-refractivity contribution is 5.13. The summed E-state index contributed by atoms with van der Waals surface area (Å²) in [5.74, 6) is 0. The molecule has 1 saturated carbocycles. The molecule has 0 amide bonds. The van der Waals surface area contributed by atoms with E-state index in [-0.39, 0.29) is 5.54 Å². The molecule has 1 N–H and O–H groups in total. The third kappa shape index (κ3) is 3.94. The number of rotatable bonds is 7. The lowest BCUT2D eigenvalue weighted by Crippen LogP contribution is -2.47. The number of hydrogen-bond donors (Lipinski definition) is 1. The monoisotopic (exact) mass is 253 g/mol. The highest BCUT2D eigenvalue weighted by Gasteiger charge is 2.41. The molecule has 1 aliphatic carbocycles. The van der Waals surface area contributed by atoms with Gasteiger partial charge in [-0.05, 0) is 39.7 Å². The molecule has 0 heterocycles. The summed E-state index contributed by atoms with van der Waals surface area (Å²) in [6.45, 7) is 9.14. The first-order valence-electron chi connectivity index (χ1n) is 6.99. The maximum absolute atomic E-state index is 9.46. The van der Waals surface area contributed by atoms with Crippen LogP contribution in [0.25, 0.3) is 0 Å². The maximum atomic E-state index is 9.46. The van der Waals surface area contributed by atoms with Gasteiger partial charge >= 0.3 is 0 Å². The highest BCUT2D eigenvalue weighted by Crippen LogP contribution is 2.33. The van der Waals surface area contributed by atoms with Gasteiger partial charge < -0.3 is 4.74 Å². The molecule has 4 heteroatoms. The molecule has 104 valence electrons. The second-order valence-corrected chi connectivity index (χ2v) is 5.51. The normalized spacial score (nSPS) is 27.9. The van der Waals surface area contributed by atoms with Crippen molar-refractivity contribution in [1.29, 1.82) is 5.26 Å². The van der Waals surface area contributed by atoms with Gasteiger partial charge in [-0.25, -0.2) is 0 Å². The molecule has 0 spiro atoms. The maximum Gasteiger partial charge on any atom is 0.108 e. The molecule has 1 aliphatic rings. The molecule has 2 unspecified atom stereocenters. The number of hydrogen-bond acceptors (Lipinski definition) is 4. The Bertz CT molecular complexity index is 287. The molecule has 0 bridgehead atoms. The minimum Gasteiger partial charge on any atom is -0.383 e. The quantitative estimate of drug-likeness (QED) is 0.751. The fourth-order valence-corrected chi connectivity index (χ4v) is 2.96. The van der Waals surface area contributed by atoms with E-state index < -0.39 is 0 Å². The summed E-state index contributed by atoms with van der Waals surface area (Å²) < 4.78 is 5.15. The number of likely N-dealkylation sites (N-methyl/N-ethyl adjacent to an activating group) is 1. The molecule has 1 fully saturated rings. The Morgan fingerprint density at radius 2 is 2.28 bits per heavy atom. The van der Waals surface area contributed by atoms with E-state index in [1.165, 1.54) is 0 Å². The Morgan fingerprint density at radius 1 is 1.56 bits per heavy atom. The van der Waals surface area contributed by atoms with Crippen LogP contribution in [-0.4, -0.2) is 49.3 Å².